The molecule has 102 valence electrons. The number of anilines is 1. The third-order valence-corrected chi connectivity index (χ3v) is 3.51. The van der Waals surface area contributed by atoms with Crippen LogP contribution in [0.2, 0.25) is 0 Å². The topological polar surface area (TPSA) is 78.3 Å². The molecule has 0 unspecified atom stereocenters. The van der Waals surface area contributed by atoms with Crippen molar-refractivity contribution >= 4 is 11.5 Å². The molecule has 1 aliphatic carbocycles. The molecule has 2 N–H and O–H groups in total. The number of likely N-dealkylation sites (N-methyl/N-ethyl adjacent to an activating group) is 1. The van der Waals surface area contributed by atoms with E-state index in [1.54, 1.807) is 13.0 Å². The fourth-order valence-electron chi connectivity index (χ4n) is 2.25. The summed E-state index contributed by atoms with van der Waals surface area (Å²) in [5.74, 6) is 1.39. The first-order valence-corrected chi connectivity index (χ1v) is 6.54. The predicted octanol–water partition coefficient (Wildman–Crippen LogP) is 0.232. The van der Waals surface area contributed by atoms with Gasteiger partial charge in [0.15, 0.2) is 5.65 Å². The highest BCUT2D eigenvalue weighted by atomic mass is 16.1. The van der Waals surface area contributed by atoms with Gasteiger partial charge in [-0.2, -0.15) is 5.10 Å². The van der Waals surface area contributed by atoms with Crippen molar-refractivity contribution in [2.24, 2.45) is 0 Å². The average Bonchev–Trinajstić information content (AvgIpc) is 3.14. The van der Waals surface area contributed by atoms with Gasteiger partial charge in [0.2, 0.25) is 0 Å². The Balaban J connectivity index is 1.69. The molecule has 19 heavy (non-hydrogen) atoms. The van der Waals surface area contributed by atoms with Crippen LogP contribution in [0.25, 0.3) is 5.65 Å². The molecule has 0 bridgehead atoms. The predicted molar refractivity (Wildman–Crippen MR) is 72.5 cm³/mol. The largest absolute Gasteiger partial charge is 0.369 e. The Bertz CT molecular complexity index is 641. The van der Waals surface area contributed by atoms with Crippen molar-refractivity contribution in [1.29, 1.82) is 0 Å². The molecule has 7 nitrogen and oxygen atoms in total. The lowest BCUT2D eigenvalue weighted by Crippen LogP contribution is -2.27. The smallest absolute Gasteiger partial charge is 0.349 e. The highest BCUT2D eigenvalue weighted by Crippen LogP contribution is 2.24. The lowest BCUT2D eigenvalue weighted by molar-refractivity contribution is 0.337. The molecule has 2 aromatic heterocycles. The molecule has 2 heterocycles. The van der Waals surface area contributed by atoms with Gasteiger partial charge in [-0.25, -0.2) is 19.3 Å². The quantitative estimate of drug-likeness (QED) is 0.806. The van der Waals surface area contributed by atoms with Crippen molar-refractivity contribution < 1.29 is 0 Å². The second-order valence-electron chi connectivity index (χ2n) is 5.05. The van der Waals surface area contributed by atoms with Crippen LogP contribution in [0.1, 0.15) is 18.7 Å². The van der Waals surface area contributed by atoms with Crippen molar-refractivity contribution in [1.82, 2.24) is 24.5 Å². The van der Waals surface area contributed by atoms with E-state index in [4.69, 9.17) is 0 Å². The molecule has 3 rings (SSSR count). The highest BCUT2D eigenvalue weighted by Gasteiger charge is 2.25. The summed E-state index contributed by atoms with van der Waals surface area (Å²) in [5, 5.41) is 9.66. The number of hydrogen-bond donors (Lipinski definition) is 2. The van der Waals surface area contributed by atoms with Crippen LogP contribution < -0.4 is 11.0 Å². The van der Waals surface area contributed by atoms with E-state index in [0.29, 0.717) is 11.5 Å². The molecule has 0 atom stereocenters. The fraction of sp³-hybridized carbons (Fsp3) is 0.583. The summed E-state index contributed by atoms with van der Waals surface area (Å²) in [5.41, 5.74) is 0.343. The maximum absolute atomic E-state index is 11.5. The number of hydrogen-bond acceptors (Lipinski definition) is 5. The third kappa shape index (κ3) is 2.46. The third-order valence-electron chi connectivity index (χ3n) is 3.51. The second-order valence-corrected chi connectivity index (χ2v) is 5.05. The van der Waals surface area contributed by atoms with Crippen molar-refractivity contribution in [2.45, 2.75) is 25.8 Å². The number of aryl methyl sites for hydroxylation is 1. The lowest BCUT2D eigenvalue weighted by Gasteiger charge is -2.16. The van der Waals surface area contributed by atoms with E-state index in [1.165, 1.54) is 17.2 Å². The van der Waals surface area contributed by atoms with E-state index in [1.807, 2.05) is 0 Å². The molecule has 0 aromatic carbocycles. The van der Waals surface area contributed by atoms with Gasteiger partial charge in [0.25, 0.3) is 0 Å². The summed E-state index contributed by atoms with van der Waals surface area (Å²) in [7, 11) is 2.15. The molecule has 2 aromatic rings. The molecule has 0 aliphatic heterocycles. The molecule has 1 aliphatic rings. The summed E-state index contributed by atoms with van der Waals surface area (Å²) in [4.78, 5) is 18.2. The average molecular weight is 262 g/mol. The van der Waals surface area contributed by atoms with E-state index in [-0.39, 0.29) is 5.69 Å². The fourth-order valence-corrected chi connectivity index (χ4v) is 2.25. The molecule has 0 radical (unpaired) electrons. The zero-order chi connectivity index (χ0) is 13.4. The SMILES string of the molecule is Cc1nc(NCCN(C)C2CC2)cc2n[nH]c(=O)n12. The van der Waals surface area contributed by atoms with Crippen LogP contribution in [-0.2, 0) is 0 Å². The van der Waals surface area contributed by atoms with E-state index >= 15 is 0 Å². The van der Waals surface area contributed by atoms with Gasteiger partial charge in [0, 0.05) is 25.2 Å². The second kappa shape index (κ2) is 4.65. The Morgan fingerprint density at radius 2 is 2.37 bits per heavy atom. The normalized spacial score (nSPS) is 15.3. The maximum atomic E-state index is 11.5. The van der Waals surface area contributed by atoms with Crippen LogP contribution in [0.3, 0.4) is 0 Å². The number of H-pyrrole nitrogens is 1. The minimum Gasteiger partial charge on any atom is -0.369 e. The first kappa shape index (κ1) is 12.2. The molecule has 0 amide bonds. The number of nitrogens with one attached hydrogen (secondary N) is 2. The number of fused-ring (bicyclic) bond motifs is 1. The molecule has 0 saturated heterocycles. The van der Waals surface area contributed by atoms with E-state index in [0.717, 1.165) is 24.9 Å². The zero-order valence-corrected chi connectivity index (χ0v) is 11.2. The Hall–Kier alpha value is -1.89. The molecule has 7 heteroatoms. The lowest BCUT2D eigenvalue weighted by atomic mass is 10.4. The van der Waals surface area contributed by atoms with Gasteiger partial charge in [0.05, 0.1) is 0 Å². The summed E-state index contributed by atoms with van der Waals surface area (Å²) in [6.45, 7) is 3.62. The van der Waals surface area contributed by atoms with E-state index < -0.39 is 0 Å². The van der Waals surface area contributed by atoms with Gasteiger partial charge in [-0.15, -0.1) is 0 Å². The zero-order valence-electron chi connectivity index (χ0n) is 11.2. The monoisotopic (exact) mass is 262 g/mol. The summed E-state index contributed by atoms with van der Waals surface area (Å²) in [6.07, 6.45) is 2.63. The Morgan fingerprint density at radius 3 is 3.11 bits per heavy atom. The van der Waals surface area contributed by atoms with Crippen molar-refractivity contribution in [3.05, 3.63) is 22.4 Å². The van der Waals surface area contributed by atoms with Gasteiger partial charge >= 0.3 is 5.69 Å². The van der Waals surface area contributed by atoms with Gasteiger partial charge in [-0.3, -0.25) is 0 Å². The first-order valence-electron chi connectivity index (χ1n) is 6.54. The van der Waals surface area contributed by atoms with Gasteiger partial charge in [-0.1, -0.05) is 0 Å². The summed E-state index contributed by atoms with van der Waals surface area (Å²) >= 11 is 0. The van der Waals surface area contributed by atoms with Crippen LogP contribution in [0, 0.1) is 6.92 Å². The van der Waals surface area contributed by atoms with Crippen molar-refractivity contribution in [2.75, 3.05) is 25.5 Å². The van der Waals surface area contributed by atoms with Crippen LogP contribution in [0.15, 0.2) is 10.9 Å². The molecule has 1 fully saturated rings. The molecule has 1 saturated carbocycles. The van der Waals surface area contributed by atoms with Gasteiger partial charge in [-0.05, 0) is 26.8 Å². The molecular formula is C12H18N6O. The number of aromatic amines is 1. The minimum atomic E-state index is -0.250. The van der Waals surface area contributed by atoms with Gasteiger partial charge in [0.1, 0.15) is 11.6 Å². The Morgan fingerprint density at radius 1 is 1.58 bits per heavy atom. The molecular weight excluding hydrogens is 244 g/mol. The van der Waals surface area contributed by atoms with E-state index in [9.17, 15) is 4.79 Å². The highest BCUT2D eigenvalue weighted by molar-refractivity contribution is 5.49. The first-order chi connectivity index (χ1) is 9.15. The van der Waals surface area contributed by atoms with Crippen LogP contribution in [0.4, 0.5) is 5.82 Å². The Labute approximate surface area is 110 Å². The van der Waals surface area contributed by atoms with Crippen LogP contribution in [0.5, 0.6) is 0 Å². The molecule has 0 spiro atoms. The number of aromatic nitrogens is 4. The van der Waals surface area contributed by atoms with E-state index in [2.05, 4.69) is 32.4 Å². The van der Waals surface area contributed by atoms with Gasteiger partial charge < -0.3 is 10.2 Å². The van der Waals surface area contributed by atoms with Crippen LogP contribution in [-0.4, -0.2) is 50.7 Å². The summed E-state index contributed by atoms with van der Waals surface area (Å²) in [6, 6.07) is 2.55. The number of rotatable bonds is 5. The Kier molecular flexibility index (Phi) is 2.98. The minimum absolute atomic E-state index is 0.250. The maximum Gasteiger partial charge on any atom is 0.349 e. The number of nitrogens with zero attached hydrogens (tertiary/aromatic N) is 4. The van der Waals surface area contributed by atoms with Crippen molar-refractivity contribution in [3.8, 4) is 0 Å². The van der Waals surface area contributed by atoms with Crippen LogP contribution >= 0.6 is 0 Å². The summed E-state index contributed by atoms with van der Waals surface area (Å²) < 4.78 is 1.46. The standard InChI is InChI=1S/C12H18N6O/c1-8-14-10(7-11-15-16-12(19)18(8)11)13-5-6-17(2)9-3-4-9/h7,9,13H,3-6H2,1-2H3,(H,16,19). The van der Waals surface area contributed by atoms with Crippen molar-refractivity contribution in [3.63, 3.8) is 0 Å².